The number of nitrogens with one attached hydrogen (secondary N) is 2. The fourth-order valence-electron chi connectivity index (χ4n) is 4.55. The molecular formula is C32H38F3N3O3. The van der Waals surface area contributed by atoms with Crippen molar-refractivity contribution in [3.05, 3.63) is 107 Å². The molecule has 0 aliphatic carbocycles. The van der Waals surface area contributed by atoms with Crippen molar-refractivity contribution >= 4 is 11.8 Å². The van der Waals surface area contributed by atoms with Gasteiger partial charge in [0.2, 0.25) is 0 Å². The van der Waals surface area contributed by atoms with E-state index in [1.54, 1.807) is 29.2 Å². The molecule has 41 heavy (non-hydrogen) atoms. The average Bonchev–Trinajstić information content (AvgIpc) is 2.96. The molecule has 0 radical (unpaired) electrons. The molecule has 0 saturated heterocycles. The lowest BCUT2D eigenvalue weighted by atomic mass is 10.00. The molecule has 0 unspecified atom stereocenters. The Morgan fingerprint density at radius 1 is 0.854 bits per heavy atom. The number of benzene rings is 3. The van der Waals surface area contributed by atoms with Crippen molar-refractivity contribution < 1.29 is 27.9 Å². The third-order valence-electron chi connectivity index (χ3n) is 6.69. The Labute approximate surface area is 239 Å². The second-order valence-corrected chi connectivity index (χ2v) is 10.0. The number of aliphatic hydroxyl groups is 1. The molecule has 0 saturated carbocycles. The first-order valence-electron chi connectivity index (χ1n) is 13.9. The molecular weight excluding hydrogens is 531 g/mol. The number of amides is 2. The maximum atomic E-state index is 13.3. The average molecular weight is 570 g/mol. The number of hydrogen-bond donors (Lipinski definition) is 3. The summed E-state index contributed by atoms with van der Waals surface area (Å²) in [6.07, 6.45) is -3.38. The largest absolute Gasteiger partial charge is 0.416 e. The van der Waals surface area contributed by atoms with Crippen molar-refractivity contribution in [2.75, 3.05) is 19.6 Å². The Kier molecular flexibility index (Phi) is 11.9. The number of aliphatic hydroxyl groups excluding tert-OH is 1. The van der Waals surface area contributed by atoms with E-state index in [9.17, 15) is 27.9 Å². The number of hydrogen-bond acceptors (Lipinski definition) is 4. The maximum absolute atomic E-state index is 13.3. The Hall–Kier alpha value is -3.69. The Bertz CT molecular complexity index is 1240. The number of alkyl halides is 3. The first-order chi connectivity index (χ1) is 19.6. The maximum Gasteiger partial charge on any atom is 0.416 e. The second kappa shape index (κ2) is 15.3. The lowest BCUT2D eigenvalue weighted by Gasteiger charge is -2.25. The van der Waals surface area contributed by atoms with E-state index in [4.69, 9.17) is 0 Å². The minimum Gasteiger partial charge on any atom is -0.390 e. The molecule has 9 heteroatoms. The number of carbonyl (C=O) groups excluding carboxylic acids is 2. The summed E-state index contributed by atoms with van der Waals surface area (Å²) in [6.45, 7) is 5.63. The fraction of sp³-hybridized carbons (Fsp3) is 0.375. The first-order valence-corrected chi connectivity index (χ1v) is 13.9. The number of rotatable bonds is 14. The van der Waals surface area contributed by atoms with Gasteiger partial charge in [-0.25, -0.2) is 0 Å². The van der Waals surface area contributed by atoms with Crippen LogP contribution >= 0.6 is 0 Å². The number of carbonyl (C=O) groups is 2. The van der Waals surface area contributed by atoms with Crippen LogP contribution < -0.4 is 10.6 Å². The van der Waals surface area contributed by atoms with Crippen LogP contribution in [-0.4, -0.2) is 53.6 Å². The Morgan fingerprint density at radius 2 is 1.49 bits per heavy atom. The molecule has 0 fully saturated rings. The highest BCUT2D eigenvalue weighted by atomic mass is 19.4. The monoisotopic (exact) mass is 569 g/mol. The third-order valence-corrected chi connectivity index (χ3v) is 6.69. The quantitative estimate of drug-likeness (QED) is 0.241. The zero-order valence-electron chi connectivity index (χ0n) is 23.5. The van der Waals surface area contributed by atoms with Crippen molar-refractivity contribution in [2.24, 2.45) is 0 Å². The highest BCUT2D eigenvalue weighted by Crippen LogP contribution is 2.29. The van der Waals surface area contributed by atoms with Crippen molar-refractivity contribution in [2.45, 2.75) is 58.0 Å². The molecule has 220 valence electrons. The molecule has 0 aliphatic heterocycles. The zero-order valence-corrected chi connectivity index (χ0v) is 23.5. The van der Waals surface area contributed by atoms with Gasteiger partial charge in [0, 0.05) is 37.3 Å². The fourth-order valence-corrected chi connectivity index (χ4v) is 4.55. The molecule has 3 aromatic rings. The van der Waals surface area contributed by atoms with Gasteiger partial charge in [0.1, 0.15) is 0 Å². The van der Waals surface area contributed by atoms with Crippen LogP contribution in [-0.2, 0) is 19.1 Å². The highest BCUT2D eigenvalue weighted by molar-refractivity contribution is 5.99. The number of halogens is 3. The zero-order chi connectivity index (χ0) is 29.8. The molecule has 0 aliphatic rings. The molecule has 0 spiro atoms. The van der Waals surface area contributed by atoms with E-state index in [-0.39, 0.29) is 19.0 Å². The van der Waals surface area contributed by atoms with E-state index in [0.29, 0.717) is 36.2 Å². The van der Waals surface area contributed by atoms with Gasteiger partial charge in [-0.3, -0.25) is 9.59 Å². The molecule has 0 aromatic heterocycles. The summed E-state index contributed by atoms with van der Waals surface area (Å²) in [5.74, 6) is -0.545. The smallest absolute Gasteiger partial charge is 0.390 e. The van der Waals surface area contributed by atoms with Gasteiger partial charge in [0.15, 0.2) is 0 Å². The van der Waals surface area contributed by atoms with Gasteiger partial charge in [-0.05, 0) is 60.7 Å². The van der Waals surface area contributed by atoms with Crippen molar-refractivity contribution in [1.29, 1.82) is 0 Å². The van der Waals surface area contributed by atoms with Gasteiger partial charge >= 0.3 is 6.18 Å². The lowest BCUT2D eigenvalue weighted by molar-refractivity contribution is -0.137. The van der Waals surface area contributed by atoms with Crippen LogP contribution in [0.25, 0.3) is 0 Å². The molecule has 0 bridgehead atoms. The summed E-state index contributed by atoms with van der Waals surface area (Å²) in [7, 11) is 0. The molecule has 0 heterocycles. The topological polar surface area (TPSA) is 81.7 Å². The van der Waals surface area contributed by atoms with Gasteiger partial charge < -0.3 is 20.6 Å². The van der Waals surface area contributed by atoms with Crippen LogP contribution in [0.4, 0.5) is 13.2 Å². The predicted octanol–water partition coefficient (Wildman–Crippen LogP) is 5.46. The number of nitrogens with zero attached hydrogens (tertiary/aromatic N) is 1. The van der Waals surface area contributed by atoms with E-state index in [1.807, 2.05) is 44.2 Å². The van der Waals surface area contributed by atoms with Crippen LogP contribution in [0.5, 0.6) is 0 Å². The lowest BCUT2D eigenvalue weighted by Crippen LogP contribution is -2.48. The molecule has 6 nitrogen and oxygen atoms in total. The van der Waals surface area contributed by atoms with Crippen LogP contribution in [0, 0.1) is 0 Å². The molecule has 2 atom stereocenters. The molecule has 3 N–H and O–H groups in total. The highest BCUT2D eigenvalue weighted by Gasteiger charge is 2.30. The summed E-state index contributed by atoms with van der Waals surface area (Å²) in [6, 6.07) is 20.2. The molecule has 2 amide bonds. The van der Waals surface area contributed by atoms with Crippen molar-refractivity contribution in [1.82, 2.24) is 15.5 Å². The Morgan fingerprint density at radius 3 is 2.10 bits per heavy atom. The van der Waals surface area contributed by atoms with Gasteiger partial charge in [-0.15, -0.1) is 0 Å². The second-order valence-electron chi connectivity index (χ2n) is 10.0. The van der Waals surface area contributed by atoms with E-state index < -0.39 is 29.8 Å². The SMILES string of the molecule is CCCN(CCC)C(=O)c1cccc(C(=O)N[C@@H](Cc2ccccc2)[C@H](O)CNCc2ccc(C(F)(F)F)cc2)c1. The van der Waals surface area contributed by atoms with E-state index in [1.165, 1.54) is 12.1 Å². The summed E-state index contributed by atoms with van der Waals surface area (Å²) < 4.78 is 38.5. The molecule has 3 rings (SSSR count). The normalized spacial score (nSPS) is 12.9. The van der Waals surface area contributed by atoms with Gasteiger partial charge in [0.05, 0.1) is 17.7 Å². The van der Waals surface area contributed by atoms with Crippen LogP contribution in [0.3, 0.4) is 0 Å². The first kappa shape index (κ1) is 31.8. The van der Waals surface area contributed by atoms with Crippen LogP contribution in [0.1, 0.15) is 64.1 Å². The minimum absolute atomic E-state index is 0.0975. The summed E-state index contributed by atoms with van der Waals surface area (Å²) in [5, 5.41) is 17.0. The van der Waals surface area contributed by atoms with E-state index in [2.05, 4.69) is 10.6 Å². The van der Waals surface area contributed by atoms with Crippen molar-refractivity contribution in [3.8, 4) is 0 Å². The van der Waals surface area contributed by atoms with E-state index >= 15 is 0 Å². The van der Waals surface area contributed by atoms with Gasteiger partial charge in [-0.1, -0.05) is 62.4 Å². The van der Waals surface area contributed by atoms with Gasteiger partial charge in [-0.2, -0.15) is 13.2 Å². The Balaban J connectivity index is 1.69. The van der Waals surface area contributed by atoms with Crippen molar-refractivity contribution in [3.63, 3.8) is 0 Å². The van der Waals surface area contributed by atoms with Gasteiger partial charge in [0.25, 0.3) is 11.8 Å². The predicted molar refractivity (Wildman–Crippen MR) is 153 cm³/mol. The summed E-state index contributed by atoms with van der Waals surface area (Å²) >= 11 is 0. The van der Waals surface area contributed by atoms with E-state index in [0.717, 1.165) is 30.5 Å². The third kappa shape index (κ3) is 9.72. The minimum atomic E-state index is -4.40. The standard InChI is InChI=1S/C32H38F3N3O3/c1-3-17-38(18-4-2)31(41)26-12-8-11-25(20-26)30(40)37-28(19-23-9-6-5-7-10-23)29(39)22-36-21-24-13-15-27(16-14-24)32(33,34)35/h5-16,20,28-29,36,39H,3-4,17-19,21-22H2,1-2H3,(H,37,40)/t28-,29+/m0/s1. The van der Waals surface area contributed by atoms with Crippen LogP contribution in [0.2, 0.25) is 0 Å². The summed E-state index contributed by atoms with van der Waals surface area (Å²) in [4.78, 5) is 28.1. The summed E-state index contributed by atoms with van der Waals surface area (Å²) in [5.41, 5.74) is 1.57. The molecule has 3 aromatic carbocycles. The van der Waals surface area contributed by atoms with Crippen LogP contribution in [0.15, 0.2) is 78.9 Å².